The van der Waals surface area contributed by atoms with Crippen molar-refractivity contribution >= 4 is 17.1 Å². The fourth-order valence-electron chi connectivity index (χ4n) is 10.7. The number of anilines is 3. The van der Waals surface area contributed by atoms with Crippen LogP contribution in [0.3, 0.4) is 0 Å². The molecule has 8 aromatic carbocycles. The lowest BCUT2D eigenvalue weighted by Gasteiger charge is -2.29. The van der Waals surface area contributed by atoms with Gasteiger partial charge in [0.2, 0.25) is 0 Å². The first-order valence-corrected chi connectivity index (χ1v) is 20.8. The molecule has 0 heterocycles. The minimum Gasteiger partial charge on any atom is -0.310 e. The fraction of sp³-hybridized carbons (Fsp3) is 0.158. The molecular weight excluding hydrogens is 699 g/mol. The van der Waals surface area contributed by atoms with Crippen LogP contribution in [0.4, 0.5) is 17.1 Å². The molecule has 0 radical (unpaired) electrons. The Labute approximate surface area is 343 Å². The highest BCUT2D eigenvalue weighted by molar-refractivity contribution is 5.90. The van der Waals surface area contributed by atoms with Crippen molar-refractivity contribution < 1.29 is 0 Å². The first kappa shape index (κ1) is 34.8. The lowest BCUT2D eigenvalue weighted by atomic mass is 9.82. The van der Waals surface area contributed by atoms with E-state index in [9.17, 15) is 0 Å². The highest BCUT2D eigenvalue weighted by Gasteiger charge is 2.38. The molecule has 0 spiro atoms. The van der Waals surface area contributed by atoms with Crippen LogP contribution in [0, 0.1) is 0 Å². The second-order valence-electron chi connectivity index (χ2n) is 18.2. The first-order chi connectivity index (χ1) is 28.0. The molecular formula is C57H47N. The quantitative estimate of drug-likeness (QED) is 0.170. The van der Waals surface area contributed by atoms with E-state index in [1.165, 1.54) is 89.0 Å². The molecule has 8 aromatic rings. The monoisotopic (exact) mass is 745 g/mol. The number of nitrogens with zero attached hydrogens (tertiary/aromatic N) is 1. The topological polar surface area (TPSA) is 3.24 Å². The van der Waals surface area contributed by atoms with E-state index in [0.717, 1.165) is 17.1 Å². The van der Waals surface area contributed by atoms with Crippen LogP contribution in [0.2, 0.25) is 0 Å². The van der Waals surface area contributed by atoms with E-state index >= 15 is 0 Å². The minimum atomic E-state index is -0.111. The van der Waals surface area contributed by atoms with Crippen LogP contribution in [0.25, 0.3) is 55.6 Å². The molecule has 0 amide bonds. The van der Waals surface area contributed by atoms with E-state index < -0.39 is 0 Å². The highest BCUT2D eigenvalue weighted by atomic mass is 15.1. The van der Waals surface area contributed by atoms with Crippen molar-refractivity contribution in [1.29, 1.82) is 0 Å². The SMILES string of the molecule is CC1(C)c2ccccc2-c2cc(-c3cccc(N(c4cccc(-c5ccc6c(c5)-c5ccccc5C6(C)C)c4)c4ccc5c(c4)C(C)(C)c4ccccc4-5)c3)ccc21. The number of rotatable bonds is 5. The second-order valence-corrected chi connectivity index (χ2v) is 18.2. The average molecular weight is 746 g/mol. The van der Waals surface area contributed by atoms with Gasteiger partial charge in [-0.3, -0.25) is 0 Å². The van der Waals surface area contributed by atoms with Gasteiger partial charge in [-0.15, -0.1) is 0 Å². The van der Waals surface area contributed by atoms with Gasteiger partial charge in [0.25, 0.3) is 0 Å². The predicted molar refractivity (Wildman–Crippen MR) is 245 cm³/mol. The van der Waals surface area contributed by atoms with E-state index in [1.807, 2.05) is 0 Å². The van der Waals surface area contributed by atoms with Crippen molar-refractivity contribution in [3.8, 4) is 55.6 Å². The summed E-state index contributed by atoms with van der Waals surface area (Å²) >= 11 is 0. The van der Waals surface area contributed by atoms with Crippen LogP contribution in [-0.4, -0.2) is 0 Å². The molecule has 0 unspecified atom stereocenters. The van der Waals surface area contributed by atoms with Gasteiger partial charge in [0, 0.05) is 33.3 Å². The van der Waals surface area contributed by atoms with Gasteiger partial charge in [-0.05, 0) is 138 Å². The Morgan fingerprint density at radius 1 is 0.259 bits per heavy atom. The summed E-state index contributed by atoms with van der Waals surface area (Å²) < 4.78 is 0. The predicted octanol–water partition coefficient (Wildman–Crippen LogP) is 15.4. The maximum atomic E-state index is 2.46. The van der Waals surface area contributed by atoms with Crippen LogP contribution in [0.15, 0.2) is 176 Å². The molecule has 0 aliphatic heterocycles. The molecule has 1 heteroatoms. The Kier molecular flexibility index (Phi) is 7.36. The molecule has 0 saturated heterocycles. The third-order valence-electron chi connectivity index (χ3n) is 13.9. The van der Waals surface area contributed by atoms with Gasteiger partial charge in [0.1, 0.15) is 0 Å². The van der Waals surface area contributed by atoms with Crippen molar-refractivity contribution in [2.24, 2.45) is 0 Å². The van der Waals surface area contributed by atoms with Crippen LogP contribution in [-0.2, 0) is 16.2 Å². The van der Waals surface area contributed by atoms with Gasteiger partial charge in [-0.25, -0.2) is 0 Å². The number of hydrogen-bond donors (Lipinski definition) is 0. The van der Waals surface area contributed by atoms with Gasteiger partial charge in [-0.2, -0.15) is 0 Å². The summed E-state index contributed by atoms with van der Waals surface area (Å²) in [5, 5.41) is 0. The Morgan fingerprint density at radius 3 is 1.10 bits per heavy atom. The molecule has 3 aliphatic carbocycles. The molecule has 0 aromatic heterocycles. The standard InChI is InChI=1S/C57H47N/c1-55(2)50-23-11-8-20-44(50)47-33-38(25-29-52(47)55)36-15-13-17-40(31-36)58(42-27-28-46-43-19-7-10-22-49(43)57(5,6)54(46)35-42)41-18-14-16-37(32-41)39-26-30-53-48(34-39)45-21-9-12-24-51(45)56(53,3)4/h7-35H,1-6H3. The molecule has 0 atom stereocenters. The zero-order valence-corrected chi connectivity index (χ0v) is 34.2. The van der Waals surface area contributed by atoms with E-state index in [1.54, 1.807) is 0 Å². The minimum absolute atomic E-state index is 0.0203. The highest BCUT2D eigenvalue weighted by Crippen LogP contribution is 2.53. The Morgan fingerprint density at radius 2 is 0.621 bits per heavy atom. The molecule has 0 N–H and O–H groups in total. The smallest absolute Gasteiger partial charge is 0.0467 e. The van der Waals surface area contributed by atoms with Crippen LogP contribution < -0.4 is 4.90 Å². The molecule has 1 nitrogen and oxygen atoms in total. The third-order valence-corrected chi connectivity index (χ3v) is 13.9. The molecule has 3 aliphatic rings. The molecule has 58 heavy (non-hydrogen) atoms. The van der Waals surface area contributed by atoms with E-state index in [2.05, 4.69) is 222 Å². The summed E-state index contributed by atoms with van der Waals surface area (Å²) in [6.45, 7) is 14.1. The Bertz CT molecular complexity index is 2840. The maximum absolute atomic E-state index is 2.46. The number of hydrogen-bond acceptors (Lipinski definition) is 1. The molecule has 0 bridgehead atoms. The fourth-order valence-corrected chi connectivity index (χ4v) is 10.7. The summed E-state index contributed by atoms with van der Waals surface area (Å²) in [6.07, 6.45) is 0. The van der Waals surface area contributed by atoms with E-state index in [0.29, 0.717) is 0 Å². The summed E-state index contributed by atoms with van der Waals surface area (Å²) in [5.74, 6) is 0. The third kappa shape index (κ3) is 4.96. The molecule has 0 fully saturated rings. The van der Waals surface area contributed by atoms with Gasteiger partial charge in [0.15, 0.2) is 0 Å². The largest absolute Gasteiger partial charge is 0.310 e. The van der Waals surface area contributed by atoms with Gasteiger partial charge >= 0.3 is 0 Å². The van der Waals surface area contributed by atoms with Crippen molar-refractivity contribution in [2.45, 2.75) is 57.8 Å². The van der Waals surface area contributed by atoms with Gasteiger partial charge < -0.3 is 4.90 Å². The van der Waals surface area contributed by atoms with Crippen LogP contribution in [0.5, 0.6) is 0 Å². The summed E-state index contributed by atoms with van der Waals surface area (Å²) in [6, 6.07) is 66.3. The van der Waals surface area contributed by atoms with Gasteiger partial charge in [-0.1, -0.05) is 169 Å². The van der Waals surface area contributed by atoms with Crippen LogP contribution >= 0.6 is 0 Å². The zero-order chi connectivity index (χ0) is 39.6. The van der Waals surface area contributed by atoms with Crippen molar-refractivity contribution in [1.82, 2.24) is 0 Å². The summed E-state index contributed by atoms with van der Waals surface area (Å²) in [5.41, 5.74) is 24.5. The Hall–Kier alpha value is -6.44. The molecule has 11 rings (SSSR count). The Balaban J connectivity index is 1.06. The summed E-state index contributed by atoms with van der Waals surface area (Å²) in [4.78, 5) is 2.46. The number of benzene rings is 8. The summed E-state index contributed by atoms with van der Waals surface area (Å²) in [7, 11) is 0. The van der Waals surface area contributed by atoms with Crippen molar-refractivity contribution in [3.63, 3.8) is 0 Å². The maximum Gasteiger partial charge on any atom is 0.0467 e. The molecule has 280 valence electrons. The lowest BCUT2D eigenvalue weighted by molar-refractivity contribution is 0.660. The van der Waals surface area contributed by atoms with Gasteiger partial charge in [0.05, 0.1) is 0 Å². The second kappa shape index (κ2) is 12.3. The normalized spacial score (nSPS) is 15.5. The lowest BCUT2D eigenvalue weighted by Crippen LogP contribution is -2.16. The molecule has 0 saturated carbocycles. The van der Waals surface area contributed by atoms with Crippen molar-refractivity contribution in [3.05, 3.63) is 209 Å². The number of fused-ring (bicyclic) bond motifs is 9. The van der Waals surface area contributed by atoms with E-state index in [-0.39, 0.29) is 16.2 Å². The van der Waals surface area contributed by atoms with Crippen LogP contribution in [0.1, 0.15) is 74.9 Å². The first-order valence-electron chi connectivity index (χ1n) is 20.8. The van der Waals surface area contributed by atoms with Crippen molar-refractivity contribution in [2.75, 3.05) is 4.90 Å². The average Bonchev–Trinajstić information content (AvgIpc) is 3.73. The van der Waals surface area contributed by atoms with E-state index in [4.69, 9.17) is 0 Å². The zero-order valence-electron chi connectivity index (χ0n) is 34.2.